The summed E-state index contributed by atoms with van der Waals surface area (Å²) in [7, 11) is 2.43. The maximum atomic E-state index is 11.6. The molecule has 19 heavy (non-hydrogen) atoms. The molecule has 1 amide bonds. The number of esters is 2. The summed E-state index contributed by atoms with van der Waals surface area (Å²) < 4.78 is 8.98. The molecule has 1 N–H and O–H groups in total. The zero-order valence-electron chi connectivity index (χ0n) is 11.3. The lowest BCUT2D eigenvalue weighted by Crippen LogP contribution is -2.45. The summed E-state index contributed by atoms with van der Waals surface area (Å²) in [5, 5.41) is 11.1. The highest BCUT2D eigenvalue weighted by atomic mass is 16.5. The smallest absolute Gasteiger partial charge is 0.328 e. The lowest BCUT2D eigenvalue weighted by Gasteiger charge is -2.20. The lowest BCUT2D eigenvalue weighted by molar-refractivity contribution is -0.146. The van der Waals surface area contributed by atoms with Crippen LogP contribution in [-0.2, 0) is 23.9 Å². The number of carbonyl (C=O) groups excluding carboxylic acids is 3. The second-order valence-corrected chi connectivity index (χ2v) is 3.98. The zero-order chi connectivity index (χ0) is 14.8. The Morgan fingerprint density at radius 3 is 2.32 bits per heavy atom. The van der Waals surface area contributed by atoms with Gasteiger partial charge in [-0.2, -0.15) is 5.26 Å². The van der Waals surface area contributed by atoms with Crippen LogP contribution in [0.2, 0.25) is 0 Å². The first-order valence-corrected chi connectivity index (χ1v) is 5.77. The van der Waals surface area contributed by atoms with Gasteiger partial charge in [0.15, 0.2) is 0 Å². The maximum absolute atomic E-state index is 11.6. The van der Waals surface area contributed by atoms with Crippen LogP contribution in [0.5, 0.6) is 0 Å². The maximum Gasteiger partial charge on any atom is 0.328 e. The van der Waals surface area contributed by atoms with Crippen LogP contribution >= 0.6 is 0 Å². The predicted octanol–water partition coefficient (Wildman–Crippen LogP) is 0.147. The fraction of sp³-hybridized carbons (Fsp3) is 0.667. The normalized spacial score (nSPS) is 12.7. The third-order valence-electron chi connectivity index (χ3n) is 2.54. The summed E-state index contributed by atoms with van der Waals surface area (Å²) in [6.07, 6.45) is -0.0423. The van der Waals surface area contributed by atoms with Gasteiger partial charge in [-0.1, -0.05) is 6.92 Å². The molecule has 0 unspecified atom stereocenters. The molecule has 2 atom stereocenters. The molecule has 0 aromatic carbocycles. The Labute approximate surface area is 111 Å². The van der Waals surface area contributed by atoms with E-state index in [0.717, 1.165) is 0 Å². The van der Waals surface area contributed by atoms with Crippen molar-refractivity contribution < 1.29 is 23.9 Å². The number of rotatable bonds is 7. The van der Waals surface area contributed by atoms with Crippen LogP contribution in [0.1, 0.15) is 26.2 Å². The molecule has 0 aliphatic rings. The summed E-state index contributed by atoms with van der Waals surface area (Å²) >= 11 is 0. The van der Waals surface area contributed by atoms with Gasteiger partial charge in [0, 0.05) is 18.8 Å². The van der Waals surface area contributed by atoms with Gasteiger partial charge in [0.25, 0.3) is 0 Å². The highest BCUT2D eigenvalue weighted by Gasteiger charge is 2.27. The van der Waals surface area contributed by atoms with E-state index >= 15 is 0 Å². The monoisotopic (exact) mass is 270 g/mol. The number of nitrogens with zero attached hydrogens (tertiary/aromatic N) is 1. The number of carbonyl (C=O) groups is 3. The molecule has 0 saturated carbocycles. The molecule has 0 aliphatic carbocycles. The first kappa shape index (κ1) is 16.9. The number of hydrogen-bond acceptors (Lipinski definition) is 6. The Bertz CT molecular complexity index is 375. The molecule has 7 nitrogen and oxygen atoms in total. The SMILES string of the molecule is COC(=O)CCC(=O)N[C@@H](C(=O)OC)[C@H](C)CC#N. The quantitative estimate of drug-likeness (QED) is 0.660. The van der Waals surface area contributed by atoms with E-state index in [1.54, 1.807) is 6.92 Å². The number of nitriles is 1. The molecule has 0 aliphatic heterocycles. The summed E-state index contributed by atoms with van der Waals surface area (Å²) in [4.78, 5) is 34.0. The minimum absolute atomic E-state index is 0.0666. The summed E-state index contributed by atoms with van der Waals surface area (Å²) in [6.45, 7) is 1.66. The van der Waals surface area contributed by atoms with Crippen molar-refractivity contribution >= 4 is 17.8 Å². The Morgan fingerprint density at radius 1 is 1.21 bits per heavy atom. The van der Waals surface area contributed by atoms with Crippen LogP contribution in [0, 0.1) is 17.2 Å². The molecule has 0 saturated heterocycles. The average Bonchev–Trinajstić information content (AvgIpc) is 2.41. The first-order valence-electron chi connectivity index (χ1n) is 5.77. The van der Waals surface area contributed by atoms with Crippen LogP contribution in [0.25, 0.3) is 0 Å². The van der Waals surface area contributed by atoms with Gasteiger partial charge in [-0.05, 0) is 0 Å². The van der Waals surface area contributed by atoms with E-state index in [1.165, 1.54) is 14.2 Å². The standard InChI is InChI=1S/C12H18N2O5/c1-8(6-7-13)11(12(17)19-3)14-9(15)4-5-10(16)18-2/h8,11H,4-6H2,1-3H3,(H,14,15)/t8-,11-/m1/s1. The molecule has 0 fully saturated rings. The van der Waals surface area contributed by atoms with Crippen molar-refractivity contribution in [1.29, 1.82) is 5.26 Å². The topological polar surface area (TPSA) is 105 Å². The third-order valence-corrected chi connectivity index (χ3v) is 2.54. The molecule has 106 valence electrons. The second-order valence-electron chi connectivity index (χ2n) is 3.98. The minimum atomic E-state index is -0.894. The largest absolute Gasteiger partial charge is 0.469 e. The van der Waals surface area contributed by atoms with E-state index in [9.17, 15) is 14.4 Å². The van der Waals surface area contributed by atoms with Crippen molar-refractivity contribution in [2.24, 2.45) is 5.92 Å². The van der Waals surface area contributed by atoms with Gasteiger partial charge in [-0.3, -0.25) is 9.59 Å². The Kier molecular flexibility index (Phi) is 7.93. The van der Waals surface area contributed by atoms with Gasteiger partial charge in [0.05, 0.1) is 26.7 Å². The molecule has 0 aromatic rings. The van der Waals surface area contributed by atoms with Crippen LogP contribution < -0.4 is 5.32 Å². The molecule has 0 bridgehead atoms. The Morgan fingerprint density at radius 2 is 1.84 bits per heavy atom. The molecule has 0 rings (SSSR count). The van der Waals surface area contributed by atoms with Crippen LogP contribution in [-0.4, -0.2) is 38.1 Å². The highest BCUT2D eigenvalue weighted by molar-refractivity contribution is 5.86. The van der Waals surface area contributed by atoms with Crippen molar-refractivity contribution in [3.8, 4) is 6.07 Å². The van der Waals surface area contributed by atoms with E-state index in [4.69, 9.17) is 5.26 Å². The fourth-order valence-corrected chi connectivity index (χ4v) is 1.39. The molecule has 0 radical (unpaired) electrons. The van der Waals surface area contributed by atoms with Gasteiger partial charge in [-0.15, -0.1) is 0 Å². The van der Waals surface area contributed by atoms with E-state index in [2.05, 4.69) is 14.8 Å². The summed E-state index contributed by atoms with van der Waals surface area (Å²) in [6, 6.07) is 1.03. The highest BCUT2D eigenvalue weighted by Crippen LogP contribution is 2.09. The predicted molar refractivity (Wildman–Crippen MR) is 64.6 cm³/mol. The van der Waals surface area contributed by atoms with Gasteiger partial charge >= 0.3 is 11.9 Å². The number of hydrogen-bond donors (Lipinski definition) is 1. The number of methoxy groups -OCH3 is 2. The van der Waals surface area contributed by atoms with Crippen molar-refractivity contribution in [3.05, 3.63) is 0 Å². The van der Waals surface area contributed by atoms with Gasteiger partial charge < -0.3 is 14.8 Å². The molecule has 0 aromatic heterocycles. The first-order chi connectivity index (χ1) is 8.96. The van der Waals surface area contributed by atoms with Crippen molar-refractivity contribution in [2.75, 3.05) is 14.2 Å². The van der Waals surface area contributed by atoms with Crippen LogP contribution in [0.3, 0.4) is 0 Å². The van der Waals surface area contributed by atoms with Gasteiger partial charge in [0.1, 0.15) is 6.04 Å². The molecular formula is C12H18N2O5. The molecular weight excluding hydrogens is 252 g/mol. The van der Waals surface area contributed by atoms with Gasteiger partial charge in [-0.25, -0.2) is 4.79 Å². The summed E-state index contributed by atoms with van der Waals surface area (Å²) in [5.74, 6) is -1.96. The lowest BCUT2D eigenvalue weighted by atomic mass is 9.99. The third kappa shape index (κ3) is 6.41. The number of ether oxygens (including phenoxy) is 2. The summed E-state index contributed by atoms with van der Waals surface area (Å²) in [5.41, 5.74) is 0. The van der Waals surface area contributed by atoms with E-state index in [-0.39, 0.29) is 25.2 Å². The van der Waals surface area contributed by atoms with E-state index < -0.39 is 23.9 Å². The molecule has 0 heterocycles. The van der Waals surface area contributed by atoms with Crippen molar-refractivity contribution in [2.45, 2.75) is 32.2 Å². The zero-order valence-corrected chi connectivity index (χ0v) is 11.3. The van der Waals surface area contributed by atoms with E-state index in [1.807, 2.05) is 6.07 Å². The number of nitrogens with one attached hydrogen (secondary N) is 1. The number of amides is 1. The van der Waals surface area contributed by atoms with E-state index in [0.29, 0.717) is 0 Å². The van der Waals surface area contributed by atoms with Crippen LogP contribution in [0.15, 0.2) is 0 Å². The average molecular weight is 270 g/mol. The Balaban J connectivity index is 4.48. The molecule has 7 heteroatoms. The van der Waals surface area contributed by atoms with Crippen molar-refractivity contribution in [1.82, 2.24) is 5.32 Å². The van der Waals surface area contributed by atoms with Crippen molar-refractivity contribution in [3.63, 3.8) is 0 Å². The molecule has 0 spiro atoms. The van der Waals surface area contributed by atoms with Crippen LogP contribution in [0.4, 0.5) is 0 Å². The van der Waals surface area contributed by atoms with Gasteiger partial charge in [0.2, 0.25) is 5.91 Å². The minimum Gasteiger partial charge on any atom is -0.469 e. The fourth-order valence-electron chi connectivity index (χ4n) is 1.39. The Hall–Kier alpha value is -2.10. The second kappa shape index (κ2) is 8.91.